The first kappa shape index (κ1) is 15.6. The van der Waals surface area contributed by atoms with Crippen LogP contribution < -0.4 is 10.1 Å². The van der Waals surface area contributed by atoms with Gasteiger partial charge in [-0.15, -0.1) is 0 Å². The Morgan fingerprint density at radius 3 is 2.76 bits per heavy atom. The summed E-state index contributed by atoms with van der Waals surface area (Å²) in [5.41, 5.74) is 0.902. The van der Waals surface area contributed by atoms with Crippen molar-refractivity contribution in [3.8, 4) is 5.75 Å². The van der Waals surface area contributed by atoms with E-state index in [4.69, 9.17) is 4.74 Å². The Labute approximate surface area is 125 Å². The lowest BCUT2D eigenvalue weighted by Gasteiger charge is -2.17. The van der Waals surface area contributed by atoms with E-state index in [1.54, 1.807) is 12.1 Å². The van der Waals surface area contributed by atoms with Crippen LogP contribution in [-0.2, 0) is 0 Å². The van der Waals surface area contributed by atoms with Crippen molar-refractivity contribution in [1.82, 2.24) is 0 Å². The van der Waals surface area contributed by atoms with Crippen LogP contribution in [0.5, 0.6) is 5.75 Å². The molecule has 0 bridgehead atoms. The lowest BCUT2D eigenvalue weighted by Crippen LogP contribution is -2.16. The standard InChI is InChI=1S/C16H24N2O3/c1-11(2)21-16-9-14(7-8-15(16)18(19)20)17-10-13-6-4-5-12(13)3/h7-9,11-13,17H,4-6,10H2,1-3H3. The van der Waals surface area contributed by atoms with E-state index >= 15 is 0 Å². The third-order valence-corrected chi connectivity index (χ3v) is 4.13. The van der Waals surface area contributed by atoms with E-state index < -0.39 is 4.92 Å². The van der Waals surface area contributed by atoms with Crippen LogP contribution in [0.1, 0.15) is 40.0 Å². The number of anilines is 1. The van der Waals surface area contributed by atoms with E-state index in [-0.39, 0.29) is 11.8 Å². The molecule has 1 aromatic rings. The van der Waals surface area contributed by atoms with Gasteiger partial charge in [0.05, 0.1) is 11.0 Å². The normalized spacial score (nSPS) is 21.5. The number of hydrogen-bond donors (Lipinski definition) is 1. The van der Waals surface area contributed by atoms with Gasteiger partial charge in [-0.25, -0.2) is 0 Å². The Bertz CT molecular complexity index is 502. The molecule has 0 amide bonds. The molecule has 2 rings (SSSR count). The highest BCUT2D eigenvalue weighted by atomic mass is 16.6. The Morgan fingerprint density at radius 2 is 2.19 bits per heavy atom. The SMILES string of the molecule is CC(C)Oc1cc(NCC2CCCC2C)ccc1[N+](=O)[O-]. The first-order valence-corrected chi connectivity index (χ1v) is 7.66. The number of ether oxygens (including phenoxy) is 1. The van der Waals surface area contributed by atoms with Crippen molar-refractivity contribution in [2.75, 3.05) is 11.9 Å². The maximum Gasteiger partial charge on any atom is 0.311 e. The Hall–Kier alpha value is -1.78. The molecule has 1 saturated carbocycles. The first-order valence-electron chi connectivity index (χ1n) is 7.66. The molecule has 1 aliphatic rings. The molecule has 5 nitrogen and oxygen atoms in total. The maximum atomic E-state index is 11.0. The minimum atomic E-state index is -0.402. The topological polar surface area (TPSA) is 64.4 Å². The zero-order valence-corrected chi connectivity index (χ0v) is 13.0. The molecule has 0 spiro atoms. The van der Waals surface area contributed by atoms with Crippen molar-refractivity contribution >= 4 is 11.4 Å². The molecule has 0 heterocycles. The number of benzene rings is 1. The molecule has 0 radical (unpaired) electrons. The molecule has 21 heavy (non-hydrogen) atoms. The summed E-state index contributed by atoms with van der Waals surface area (Å²) in [4.78, 5) is 10.6. The van der Waals surface area contributed by atoms with E-state index in [0.717, 1.165) is 18.2 Å². The van der Waals surface area contributed by atoms with Crippen molar-refractivity contribution in [3.05, 3.63) is 28.3 Å². The summed E-state index contributed by atoms with van der Waals surface area (Å²) in [5, 5.41) is 14.4. The Balaban J connectivity index is 2.07. The van der Waals surface area contributed by atoms with Crippen LogP contribution in [-0.4, -0.2) is 17.6 Å². The summed E-state index contributed by atoms with van der Waals surface area (Å²) < 4.78 is 5.56. The Morgan fingerprint density at radius 1 is 1.43 bits per heavy atom. The summed E-state index contributed by atoms with van der Waals surface area (Å²) in [6.07, 6.45) is 3.77. The van der Waals surface area contributed by atoms with Gasteiger partial charge in [-0.2, -0.15) is 0 Å². The van der Waals surface area contributed by atoms with E-state index in [0.29, 0.717) is 11.7 Å². The molecular formula is C16H24N2O3. The van der Waals surface area contributed by atoms with Crippen LogP contribution in [0.2, 0.25) is 0 Å². The number of rotatable bonds is 6. The molecule has 2 unspecified atom stereocenters. The highest BCUT2D eigenvalue weighted by molar-refractivity contribution is 5.58. The zero-order valence-electron chi connectivity index (χ0n) is 13.0. The van der Waals surface area contributed by atoms with E-state index in [1.165, 1.54) is 25.3 Å². The predicted octanol–water partition coefficient (Wildman–Crippen LogP) is 4.23. The second-order valence-corrected chi connectivity index (χ2v) is 6.16. The predicted molar refractivity (Wildman–Crippen MR) is 83.9 cm³/mol. The van der Waals surface area contributed by atoms with Gasteiger partial charge in [0.2, 0.25) is 0 Å². The molecule has 1 fully saturated rings. The fourth-order valence-corrected chi connectivity index (χ4v) is 2.90. The highest BCUT2D eigenvalue weighted by Crippen LogP contribution is 2.33. The zero-order chi connectivity index (χ0) is 15.4. The molecule has 2 atom stereocenters. The molecule has 5 heteroatoms. The third-order valence-electron chi connectivity index (χ3n) is 4.13. The number of hydrogen-bond acceptors (Lipinski definition) is 4. The van der Waals surface area contributed by atoms with Crippen LogP contribution in [0.25, 0.3) is 0 Å². The average molecular weight is 292 g/mol. The monoisotopic (exact) mass is 292 g/mol. The van der Waals surface area contributed by atoms with Crippen LogP contribution in [0.15, 0.2) is 18.2 Å². The quantitative estimate of drug-likeness (QED) is 0.629. The molecule has 0 saturated heterocycles. The van der Waals surface area contributed by atoms with Crippen LogP contribution >= 0.6 is 0 Å². The lowest BCUT2D eigenvalue weighted by molar-refractivity contribution is -0.386. The summed E-state index contributed by atoms with van der Waals surface area (Å²) in [6.45, 7) is 6.94. The fraction of sp³-hybridized carbons (Fsp3) is 0.625. The number of nitrogens with zero attached hydrogens (tertiary/aromatic N) is 1. The van der Waals surface area contributed by atoms with Gasteiger partial charge in [0.15, 0.2) is 5.75 Å². The van der Waals surface area contributed by atoms with Crippen LogP contribution in [0, 0.1) is 22.0 Å². The molecule has 0 aromatic heterocycles. The van der Waals surface area contributed by atoms with Gasteiger partial charge in [-0.05, 0) is 38.2 Å². The van der Waals surface area contributed by atoms with Gasteiger partial charge in [0.1, 0.15) is 0 Å². The largest absolute Gasteiger partial charge is 0.484 e. The third kappa shape index (κ3) is 4.09. The second kappa shape index (κ2) is 6.78. The number of nitro groups is 1. The van der Waals surface area contributed by atoms with Crippen LogP contribution in [0.4, 0.5) is 11.4 Å². The van der Waals surface area contributed by atoms with Gasteiger partial charge >= 0.3 is 5.69 Å². The minimum absolute atomic E-state index is 0.0171. The average Bonchev–Trinajstić information content (AvgIpc) is 2.81. The van der Waals surface area contributed by atoms with Crippen molar-refractivity contribution in [2.45, 2.75) is 46.1 Å². The number of nitro benzene ring substituents is 1. The molecule has 1 aromatic carbocycles. The molecule has 0 aliphatic heterocycles. The molecular weight excluding hydrogens is 268 g/mol. The minimum Gasteiger partial charge on any atom is -0.484 e. The first-order chi connectivity index (χ1) is 9.97. The van der Waals surface area contributed by atoms with Crippen molar-refractivity contribution in [2.24, 2.45) is 11.8 Å². The lowest BCUT2D eigenvalue weighted by atomic mass is 9.98. The smallest absolute Gasteiger partial charge is 0.311 e. The van der Waals surface area contributed by atoms with Crippen molar-refractivity contribution in [1.29, 1.82) is 0 Å². The van der Waals surface area contributed by atoms with Crippen molar-refractivity contribution in [3.63, 3.8) is 0 Å². The maximum absolute atomic E-state index is 11.0. The second-order valence-electron chi connectivity index (χ2n) is 6.16. The van der Waals surface area contributed by atoms with Crippen molar-refractivity contribution < 1.29 is 9.66 Å². The summed E-state index contributed by atoms with van der Waals surface area (Å²) in [5.74, 6) is 1.77. The summed E-state index contributed by atoms with van der Waals surface area (Å²) in [6, 6.07) is 5.00. The van der Waals surface area contributed by atoms with Gasteiger partial charge < -0.3 is 10.1 Å². The van der Waals surface area contributed by atoms with Gasteiger partial charge in [-0.1, -0.05) is 19.8 Å². The summed E-state index contributed by atoms with van der Waals surface area (Å²) >= 11 is 0. The van der Waals surface area contributed by atoms with Gasteiger partial charge in [0, 0.05) is 24.4 Å². The fourth-order valence-electron chi connectivity index (χ4n) is 2.90. The molecule has 1 aliphatic carbocycles. The number of nitrogens with one attached hydrogen (secondary N) is 1. The summed E-state index contributed by atoms with van der Waals surface area (Å²) in [7, 11) is 0. The van der Waals surface area contributed by atoms with E-state index in [9.17, 15) is 10.1 Å². The van der Waals surface area contributed by atoms with E-state index in [1.807, 2.05) is 13.8 Å². The Kier molecular flexibility index (Phi) is 5.04. The molecule has 116 valence electrons. The van der Waals surface area contributed by atoms with Gasteiger partial charge in [-0.3, -0.25) is 10.1 Å². The van der Waals surface area contributed by atoms with Gasteiger partial charge in [0.25, 0.3) is 0 Å². The highest BCUT2D eigenvalue weighted by Gasteiger charge is 2.23. The van der Waals surface area contributed by atoms with Crippen LogP contribution in [0.3, 0.4) is 0 Å². The molecule has 1 N–H and O–H groups in total. The van der Waals surface area contributed by atoms with E-state index in [2.05, 4.69) is 12.2 Å².